The van der Waals surface area contributed by atoms with Gasteiger partial charge >= 0.3 is 0 Å². The summed E-state index contributed by atoms with van der Waals surface area (Å²) in [5, 5.41) is 6.84. The Labute approximate surface area is 192 Å². The first-order valence-corrected chi connectivity index (χ1v) is 11.7. The summed E-state index contributed by atoms with van der Waals surface area (Å²) in [4.78, 5) is 16.6. The van der Waals surface area contributed by atoms with Gasteiger partial charge in [0, 0.05) is 16.9 Å². The number of sulfonamides is 1. The SMILES string of the molecule is Cc1ccc(NS(=O)(=O)c2ccc(NC(=O)c3ccc(Cn4cncn4)cc3)cc2)cc1C. The van der Waals surface area contributed by atoms with Crippen LogP contribution in [0.15, 0.2) is 84.3 Å². The molecule has 4 rings (SSSR count). The lowest BCUT2D eigenvalue weighted by atomic mass is 10.1. The quantitative estimate of drug-likeness (QED) is 0.433. The average Bonchev–Trinajstić information content (AvgIpc) is 3.30. The van der Waals surface area contributed by atoms with Crippen molar-refractivity contribution in [3.05, 3.63) is 102 Å². The molecule has 0 aliphatic heterocycles. The molecule has 0 saturated carbocycles. The van der Waals surface area contributed by atoms with Crippen molar-refractivity contribution in [1.82, 2.24) is 14.8 Å². The maximum absolute atomic E-state index is 12.7. The average molecular weight is 462 g/mol. The van der Waals surface area contributed by atoms with Gasteiger partial charge in [-0.2, -0.15) is 5.10 Å². The molecule has 0 saturated heterocycles. The van der Waals surface area contributed by atoms with Crippen LogP contribution in [0.4, 0.5) is 11.4 Å². The Balaban J connectivity index is 1.40. The van der Waals surface area contributed by atoms with E-state index in [0.717, 1.165) is 16.7 Å². The third-order valence-electron chi connectivity index (χ3n) is 5.21. The highest BCUT2D eigenvalue weighted by Crippen LogP contribution is 2.21. The van der Waals surface area contributed by atoms with Gasteiger partial charge in [0.25, 0.3) is 15.9 Å². The van der Waals surface area contributed by atoms with Gasteiger partial charge in [-0.05, 0) is 79.1 Å². The maximum atomic E-state index is 12.7. The van der Waals surface area contributed by atoms with Crippen LogP contribution in [0, 0.1) is 13.8 Å². The molecule has 0 fully saturated rings. The molecule has 1 aromatic heterocycles. The second-order valence-corrected chi connectivity index (χ2v) is 9.36. The zero-order chi connectivity index (χ0) is 23.4. The van der Waals surface area contributed by atoms with Crippen molar-refractivity contribution in [3.63, 3.8) is 0 Å². The van der Waals surface area contributed by atoms with Crippen LogP contribution in [-0.2, 0) is 16.6 Å². The number of carbonyl (C=O) groups is 1. The zero-order valence-corrected chi connectivity index (χ0v) is 19.0. The lowest BCUT2D eigenvalue weighted by molar-refractivity contribution is 0.102. The number of rotatable bonds is 7. The molecule has 9 heteroatoms. The first kappa shape index (κ1) is 22.2. The van der Waals surface area contributed by atoms with Gasteiger partial charge < -0.3 is 5.32 Å². The van der Waals surface area contributed by atoms with Crippen LogP contribution in [0.25, 0.3) is 0 Å². The van der Waals surface area contributed by atoms with E-state index in [4.69, 9.17) is 0 Å². The number of nitrogens with zero attached hydrogens (tertiary/aromatic N) is 3. The summed E-state index contributed by atoms with van der Waals surface area (Å²) in [5.74, 6) is -0.286. The second-order valence-electron chi connectivity index (χ2n) is 7.67. The Morgan fingerprint density at radius 3 is 2.24 bits per heavy atom. The lowest BCUT2D eigenvalue weighted by Gasteiger charge is -2.11. The van der Waals surface area contributed by atoms with Crippen LogP contribution in [0.3, 0.4) is 0 Å². The minimum Gasteiger partial charge on any atom is -0.322 e. The van der Waals surface area contributed by atoms with Crippen LogP contribution in [0.5, 0.6) is 0 Å². The number of nitrogens with one attached hydrogen (secondary N) is 2. The Morgan fingerprint density at radius 1 is 0.909 bits per heavy atom. The highest BCUT2D eigenvalue weighted by atomic mass is 32.2. The number of benzene rings is 3. The Morgan fingerprint density at radius 2 is 1.61 bits per heavy atom. The summed E-state index contributed by atoms with van der Waals surface area (Å²) in [6, 6.07) is 18.6. The summed E-state index contributed by atoms with van der Waals surface area (Å²) in [7, 11) is -3.74. The van der Waals surface area contributed by atoms with E-state index in [0.29, 0.717) is 23.5 Å². The maximum Gasteiger partial charge on any atom is 0.261 e. The summed E-state index contributed by atoms with van der Waals surface area (Å²) >= 11 is 0. The molecule has 0 spiro atoms. The van der Waals surface area contributed by atoms with Gasteiger partial charge in [0.1, 0.15) is 12.7 Å². The molecular formula is C24H23N5O3S. The fourth-order valence-electron chi connectivity index (χ4n) is 3.20. The predicted molar refractivity (Wildman–Crippen MR) is 127 cm³/mol. The summed E-state index contributed by atoms with van der Waals surface area (Å²) < 4.78 is 29.7. The van der Waals surface area contributed by atoms with Gasteiger partial charge in [-0.15, -0.1) is 0 Å². The van der Waals surface area contributed by atoms with E-state index in [1.807, 2.05) is 32.0 Å². The highest BCUT2D eigenvalue weighted by Gasteiger charge is 2.15. The fraction of sp³-hybridized carbons (Fsp3) is 0.125. The normalized spacial score (nSPS) is 11.2. The first-order chi connectivity index (χ1) is 15.8. The van der Waals surface area contributed by atoms with Gasteiger partial charge in [-0.25, -0.2) is 18.1 Å². The van der Waals surface area contributed by atoms with Crippen molar-refractivity contribution < 1.29 is 13.2 Å². The van der Waals surface area contributed by atoms with Crippen molar-refractivity contribution in [2.75, 3.05) is 10.0 Å². The molecule has 3 aromatic carbocycles. The van der Waals surface area contributed by atoms with Gasteiger partial charge in [-0.1, -0.05) is 18.2 Å². The van der Waals surface area contributed by atoms with Crippen molar-refractivity contribution in [2.45, 2.75) is 25.3 Å². The van der Waals surface area contributed by atoms with E-state index >= 15 is 0 Å². The van der Waals surface area contributed by atoms with Crippen molar-refractivity contribution in [1.29, 1.82) is 0 Å². The molecule has 0 aliphatic carbocycles. The Kier molecular flexibility index (Phi) is 6.23. The molecule has 0 bridgehead atoms. The van der Waals surface area contributed by atoms with Crippen LogP contribution in [0.1, 0.15) is 27.0 Å². The molecule has 0 radical (unpaired) electrons. The standard InChI is InChI=1S/C24H23N5O3S/c1-17-3-8-22(13-18(17)2)28-33(31,32)23-11-9-21(10-12-23)27-24(30)20-6-4-19(5-7-20)14-29-16-25-15-26-29/h3-13,15-16,28H,14H2,1-2H3,(H,27,30). The number of hydrogen-bond acceptors (Lipinski definition) is 5. The molecule has 2 N–H and O–H groups in total. The molecule has 0 unspecified atom stereocenters. The number of carbonyl (C=O) groups excluding carboxylic acids is 1. The minimum absolute atomic E-state index is 0.108. The number of hydrogen-bond donors (Lipinski definition) is 2. The predicted octanol–water partition coefficient (Wildman–Crippen LogP) is 4.00. The number of aryl methyl sites for hydroxylation is 2. The molecule has 1 heterocycles. The van der Waals surface area contributed by atoms with Crippen LogP contribution in [-0.4, -0.2) is 29.1 Å². The van der Waals surface area contributed by atoms with Gasteiger partial charge in [-0.3, -0.25) is 9.52 Å². The van der Waals surface area contributed by atoms with Gasteiger partial charge in [0.2, 0.25) is 0 Å². The van der Waals surface area contributed by atoms with E-state index in [2.05, 4.69) is 20.1 Å². The van der Waals surface area contributed by atoms with E-state index in [1.165, 1.54) is 18.5 Å². The molecular weight excluding hydrogens is 438 g/mol. The number of anilines is 2. The van der Waals surface area contributed by atoms with E-state index in [-0.39, 0.29) is 10.8 Å². The van der Waals surface area contributed by atoms with E-state index in [1.54, 1.807) is 47.4 Å². The monoisotopic (exact) mass is 461 g/mol. The highest BCUT2D eigenvalue weighted by molar-refractivity contribution is 7.92. The summed E-state index contributed by atoms with van der Waals surface area (Å²) in [5.41, 5.74) is 4.57. The summed E-state index contributed by atoms with van der Waals surface area (Å²) in [6.07, 6.45) is 3.10. The third-order valence-corrected chi connectivity index (χ3v) is 6.61. The molecule has 33 heavy (non-hydrogen) atoms. The van der Waals surface area contributed by atoms with Gasteiger partial charge in [0.05, 0.1) is 11.4 Å². The molecule has 8 nitrogen and oxygen atoms in total. The largest absolute Gasteiger partial charge is 0.322 e. The Hall–Kier alpha value is -3.98. The fourth-order valence-corrected chi connectivity index (χ4v) is 4.25. The van der Waals surface area contributed by atoms with Crippen LogP contribution >= 0.6 is 0 Å². The lowest BCUT2D eigenvalue weighted by Crippen LogP contribution is -2.14. The molecule has 1 amide bonds. The molecule has 0 aliphatic rings. The molecule has 4 aromatic rings. The minimum atomic E-state index is -3.74. The number of amides is 1. The Bertz CT molecular complexity index is 1360. The first-order valence-electron chi connectivity index (χ1n) is 10.2. The van der Waals surface area contributed by atoms with E-state index in [9.17, 15) is 13.2 Å². The van der Waals surface area contributed by atoms with Crippen LogP contribution in [0.2, 0.25) is 0 Å². The smallest absolute Gasteiger partial charge is 0.261 e. The van der Waals surface area contributed by atoms with Crippen molar-refractivity contribution >= 4 is 27.3 Å². The second kappa shape index (κ2) is 9.25. The summed E-state index contributed by atoms with van der Waals surface area (Å²) in [6.45, 7) is 4.46. The molecule has 0 atom stereocenters. The topological polar surface area (TPSA) is 106 Å². The van der Waals surface area contributed by atoms with Crippen molar-refractivity contribution in [3.8, 4) is 0 Å². The van der Waals surface area contributed by atoms with E-state index < -0.39 is 10.0 Å². The van der Waals surface area contributed by atoms with Gasteiger partial charge in [0.15, 0.2) is 0 Å². The van der Waals surface area contributed by atoms with Crippen LogP contribution < -0.4 is 10.0 Å². The number of aromatic nitrogens is 3. The third kappa shape index (κ3) is 5.45. The molecule has 168 valence electrons. The zero-order valence-electron chi connectivity index (χ0n) is 18.2. The van der Waals surface area contributed by atoms with Crippen molar-refractivity contribution in [2.24, 2.45) is 0 Å².